The Bertz CT molecular complexity index is 1380. The Kier molecular flexibility index (Phi) is 5.59. The smallest absolute Gasteiger partial charge is 0.293 e. The quantitative estimate of drug-likeness (QED) is 0.259. The minimum Gasteiger partial charge on any atom is -0.293 e. The van der Waals surface area contributed by atoms with E-state index in [0.717, 1.165) is 21.2 Å². The second-order valence-electron chi connectivity index (χ2n) is 6.45. The van der Waals surface area contributed by atoms with Crippen molar-refractivity contribution in [1.82, 2.24) is 19.1 Å². The van der Waals surface area contributed by atoms with Gasteiger partial charge in [-0.05, 0) is 35.7 Å². The predicted octanol–water partition coefficient (Wildman–Crippen LogP) is 3.38. The highest BCUT2D eigenvalue weighted by Crippen LogP contribution is 2.28. The van der Waals surface area contributed by atoms with Crippen molar-refractivity contribution in [3.05, 3.63) is 73.2 Å². The molecule has 0 bridgehead atoms. The molecule has 3 aromatic heterocycles. The average molecular weight is 459 g/mol. The molecule has 10 heteroatoms. The fraction of sp³-hybridized carbons (Fsp3) is 0.150. The van der Waals surface area contributed by atoms with Gasteiger partial charge in [-0.1, -0.05) is 29.4 Å². The van der Waals surface area contributed by atoms with E-state index in [2.05, 4.69) is 9.97 Å². The zero-order chi connectivity index (χ0) is 21.4. The molecule has 0 aliphatic carbocycles. The van der Waals surface area contributed by atoms with Crippen LogP contribution in [0.25, 0.3) is 21.7 Å². The monoisotopic (exact) mass is 458 g/mol. The Morgan fingerprint density at radius 1 is 1.10 bits per heavy atom. The summed E-state index contributed by atoms with van der Waals surface area (Å²) < 4.78 is 2.34. The van der Waals surface area contributed by atoms with Crippen molar-refractivity contribution in [1.29, 1.82) is 0 Å². The van der Waals surface area contributed by atoms with Crippen molar-refractivity contribution >= 4 is 51.5 Å². The molecule has 0 spiro atoms. The minimum absolute atomic E-state index is 0.0730. The van der Waals surface area contributed by atoms with Crippen LogP contribution in [-0.2, 0) is 14.1 Å². The predicted molar refractivity (Wildman–Crippen MR) is 120 cm³/mol. The first-order valence-corrected chi connectivity index (χ1v) is 11.0. The minimum atomic E-state index is -0.493. The zero-order valence-electron chi connectivity index (χ0n) is 16.0. The van der Waals surface area contributed by atoms with E-state index in [-0.39, 0.29) is 22.6 Å². The summed E-state index contributed by atoms with van der Waals surface area (Å²) in [6.07, 6.45) is 0. The lowest BCUT2D eigenvalue weighted by Gasteiger charge is -2.11. The molecule has 0 unspecified atom stereocenters. The molecule has 0 saturated carbocycles. The first kappa shape index (κ1) is 20.5. The molecular formula is C20H15ClN4O3S2. The van der Waals surface area contributed by atoms with Crippen molar-refractivity contribution < 1.29 is 4.79 Å². The highest BCUT2D eigenvalue weighted by atomic mass is 35.5. The van der Waals surface area contributed by atoms with Crippen LogP contribution in [0.5, 0.6) is 0 Å². The Labute approximate surface area is 184 Å². The van der Waals surface area contributed by atoms with Crippen LogP contribution in [0.1, 0.15) is 10.4 Å². The number of halogens is 1. The lowest BCUT2D eigenvalue weighted by Crippen LogP contribution is -2.37. The number of thioether (sulfide) groups is 1. The largest absolute Gasteiger partial charge is 0.332 e. The van der Waals surface area contributed by atoms with E-state index in [4.69, 9.17) is 11.6 Å². The highest BCUT2D eigenvalue weighted by Gasteiger charge is 2.19. The summed E-state index contributed by atoms with van der Waals surface area (Å²) >= 11 is 8.48. The van der Waals surface area contributed by atoms with E-state index in [0.29, 0.717) is 21.4 Å². The number of thiophene rings is 1. The van der Waals surface area contributed by atoms with Gasteiger partial charge in [0.15, 0.2) is 17.3 Å². The molecule has 3 heterocycles. The van der Waals surface area contributed by atoms with Gasteiger partial charge in [0.25, 0.3) is 5.56 Å². The number of benzene rings is 1. The van der Waals surface area contributed by atoms with Gasteiger partial charge in [0.2, 0.25) is 0 Å². The number of hydrogen-bond acceptors (Lipinski definition) is 7. The zero-order valence-corrected chi connectivity index (χ0v) is 18.3. The van der Waals surface area contributed by atoms with Crippen molar-refractivity contribution in [2.24, 2.45) is 14.1 Å². The SMILES string of the molecule is Cn1c(=O)c2c(SCC(=O)c3ccc(Cl)cc3)nc(-c3cccs3)nc2n(C)c1=O. The van der Waals surface area contributed by atoms with E-state index in [1.165, 1.54) is 23.0 Å². The maximum absolute atomic E-state index is 12.8. The van der Waals surface area contributed by atoms with E-state index >= 15 is 0 Å². The fourth-order valence-corrected chi connectivity index (χ4v) is 4.59. The average Bonchev–Trinajstić information content (AvgIpc) is 3.29. The molecular weight excluding hydrogens is 444 g/mol. The number of aromatic nitrogens is 4. The van der Waals surface area contributed by atoms with Crippen LogP contribution in [0.4, 0.5) is 0 Å². The lowest BCUT2D eigenvalue weighted by molar-refractivity contribution is 0.102. The van der Waals surface area contributed by atoms with Crippen LogP contribution in [0, 0.1) is 0 Å². The molecule has 30 heavy (non-hydrogen) atoms. The Hall–Kier alpha value is -2.75. The number of ketones is 1. The van der Waals surface area contributed by atoms with Crippen LogP contribution in [-0.4, -0.2) is 30.6 Å². The highest BCUT2D eigenvalue weighted by molar-refractivity contribution is 8.00. The number of hydrogen-bond donors (Lipinski definition) is 0. The van der Waals surface area contributed by atoms with Gasteiger partial charge >= 0.3 is 5.69 Å². The third-order valence-corrected chi connectivity index (χ3v) is 6.61. The molecule has 0 fully saturated rings. The Balaban J connectivity index is 1.82. The van der Waals surface area contributed by atoms with Gasteiger partial charge in [-0.3, -0.25) is 18.7 Å². The number of carbonyl (C=O) groups is 1. The fourth-order valence-electron chi connectivity index (χ4n) is 2.90. The molecule has 4 aromatic rings. The van der Waals surface area contributed by atoms with E-state index in [1.807, 2.05) is 17.5 Å². The first-order valence-electron chi connectivity index (χ1n) is 8.80. The molecule has 0 amide bonds. The second kappa shape index (κ2) is 8.17. The molecule has 0 N–H and O–H groups in total. The van der Waals surface area contributed by atoms with Gasteiger partial charge in [0, 0.05) is 24.7 Å². The van der Waals surface area contributed by atoms with Crippen LogP contribution < -0.4 is 11.2 Å². The molecule has 7 nitrogen and oxygen atoms in total. The standard InChI is InChI=1S/C20H15ClN4O3S2/c1-24-17-15(19(27)25(2)20(24)28)18(23-16(22-17)14-4-3-9-29-14)30-10-13(26)11-5-7-12(21)8-6-11/h3-9H,10H2,1-2H3. The van der Waals surface area contributed by atoms with Crippen molar-refractivity contribution in [3.8, 4) is 10.7 Å². The van der Waals surface area contributed by atoms with Gasteiger partial charge in [-0.15, -0.1) is 11.3 Å². The lowest BCUT2D eigenvalue weighted by atomic mass is 10.1. The number of aryl methyl sites for hydroxylation is 1. The van der Waals surface area contributed by atoms with Crippen molar-refractivity contribution in [3.63, 3.8) is 0 Å². The number of Topliss-reactive ketones (excluding diaryl/α,β-unsaturated/α-hetero) is 1. The van der Waals surface area contributed by atoms with Crippen molar-refractivity contribution in [2.75, 3.05) is 5.75 Å². The van der Waals surface area contributed by atoms with Crippen LogP contribution in [0.2, 0.25) is 5.02 Å². The number of nitrogens with zero attached hydrogens (tertiary/aromatic N) is 4. The van der Waals surface area contributed by atoms with Gasteiger partial charge in [-0.2, -0.15) is 0 Å². The second-order valence-corrected chi connectivity index (χ2v) is 8.80. The molecule has 4 rings (SSSR count). The first-order chi connectivity index (χ1) is 14.4. The number of rotatable bonds is 5. The van der Waals surface area contributed by atoms with Crippen LogP contribution >= 0.6 is 34.7 Å². The topological polar surface area (TPSA) is 86.8 Å². The third kappa shape index (κ3) is 3.71. The van der Waals surface area contributed by atoms with Gasteiger partial charge in [0.05, 0.1) is 10.6 Å². The summed E-state index contributed by atoms with van der Waals surface area (Å²) in [6.45, 7) is 0. The van der Waals surface area contributed by atoms with Gasteiger partial charge in [-0.25, -0.2) is 14.8 Å². The molecule has 0 saturated heterocycles. The molecule has 0 radical (unpaired) electrons. The van der Waals surface area contributed by atoms with Crippen LogP contribution in [0.3, 0.4) is 0 Å². The molecule has 1 aromatic carbocycles. The summed E-state index contributed by atoms with van der Waals surface area (Å²) in [7, 11) is 2.97. The Morgan fingerprint density at radius 3 is 2.50 bits per heavy atom. The summed E-state index contributed by atoms with van der Waals surface area (Å²) in [5.41, 5.74) is -0.212. The van der Waals surface area contributed by atoms with Gasteiger partial charge in [0.1, 0.15) is 10.4 Å². The normalized spacial score (nSPS) is 11.2. The third-order valence-electron chi connectivity index (χ3n) is 4.51. The maximum atomic E-state index is 12.8. The molecule has 0 aliphatic heterocycles. The van der Waals surface area contributed by atoms with E-state index in [9.17, 15) is 14.4 Å². The van der Waals surface area contributed by atoms with E-state index in [1.54, 1.807) is 31.3 Å². The summed E-state index contributed by atoms with van der Waals surface area (Å²) in [4.78, 5) is 47.7. The Morgan fingerprint density at radius 2 is 1.83 bits per heavy atom. The summed E-state index contributed by atoms with van der Waals surface area (Å²) in [5.74, 6) is 0.355. The molecule has 152 valence electrons. The van der Waals surface area contributed by atoms with Gasteiger partial charge < -0.3 is 0 Å². The van der Waals surface area contributed by atoms with Crippen LogP contribution in [0.15, 0.2) is 56.4 Å². The number of fused-ring (bicyclic) bond motifs is 1. The van der Waals surface area contributed by atoms with Crippen molar-refractivity contribution in [2.45, 2.75) is 5.03 Å². The van der Waals surface area contributed by atoms with E-state index < -0.39 is 11.2 Å². The summed E-state index contributed by atoms with van der Waals surface area (Å²) in [5, 5.41) is 3.02. The maximum Gasteiger partial charge on any atom is 0.332 e. The summed E-state index contributed by atoms with van der Waals surface area (Å²) in [6, 6.07) is 10.3. The molecule has 0 atom stereocenters. The number of carbonyl (C=O) groups excluding carboxylic acids is 1. The molecule has 0 aliphatic rings.